The molecular formula is C28H28F3NO5. The van der Waals surface area contributed by atoms with E-state index in [2.05, 4.69) is 9.47 Å². The summed E-state index contributed by atoms with van der Waals surface area (Å²) in [5.41, 5.74) is 2.63. The number of methoxy groups -OCH3 is 1. The molecular weight excluding hydrogens is 487 g/mol. The molecule has 9 heteroatoms. The summed E-state index contributed by atoms with van der Waals surface area (Å²) in [7, 11) is 1.14. The Morgan fingerprint density at radius 2 is 1.65 bits per heavy atom. The Labute approximate surface area is 213 Å². The number of anilines is 1. The minimum Gasteiger partial charge on any atom is -0.493 e. The number of halogens is 3. The number of carbonyl (C=O) groups excluding carboxylic acids is 2. The van der Waals surface area contributed by atoms with Gasteiger partial charge >= 0.3 is 18.2 Å². The Balaban J connectivity index is 1.94. The molecule has 196 valence electrons. The van der Waals surface area contributed by atoms with Gasteiger partial charge in [0.25, 0.3) is 0 Å². The summed E-state index contributed by atoms with van der Waals surface area (Å²) >= 11 is 0. The Morgan fingerprint density at radius 3 is 2.27 bits per heavy atom. The second kappa shape index (κ2) is 12.8. The van der Waals surface area contributed by atoms with Crippen molar-refractivity contribution in [3.8, 4) is 22.6 Å². The van der Waals surface area contributed by atoms with E-state index in [1.807, 2.05) is 37.3 Å². The van der Waals surface area contributed by atoms with Gasteiger partial charge in [0, 0.05) is 17.8 Å². The van der Waals surface area contributed by atoms with Crippen LogP contribution in [0.4, 0.5) is 18.9 Å². The van der Waals surface area contributed by atoms with Crippen molar-refractivity contribution in [3.63, 3.8) is 0 Å². The average Bonchev–Trinajstić information content (AvgIpc) is 2.89. The zero-order valence-electron chi connectivity index (χ0n) is 20.6. The van der Waals surface area contributed by atoms with Gasteiger partial charge in [0.1, 0.15) is 11.5 Å². The summed E-state index contributed by atoms with van der Waals surface area (Å²) in [5, 5.41) is 0. The van der Waals surface area contributed by atoms with Crippen molar-refractivity contribution >= 4 is 17.6 Å². The highest BCUT2D eigenvalue weighted by Gasteiger charge is 2.31. The zero-order chi connectivity index (χ0) is 26.8. The maximum absolute atomic E-state index is 12.9. The predicted molar refractivity (Wildman–Crippen MR) is 133 cm³/mol. The molecule has 3 rings (SSSR count). The lowest BCUT2D eigenvalue weighted by Gasteiger charge is -2.23. The molecule has 0 aliphatic carbocycles. The molecule has 1 amide bonds. The minimum atomic E-state index is -4.80. The van der Waals surface area contributed by atoms with Gasteiger partial charge in [0.05, 0.1) is 13.7 Å². The molecule has 0 heterocycles. The number of benzene rings is 3. The first-order valence-electron chi connectivity index (χ1n) is 11.8. The first kappa shape index (κ1) is 27.6. The van der Waals surface area contributed by atoms with E-state index in [0.29, 0.717) is 42.0 Å². The van der Waals surface area contributed by atoms with Crippen molar-refractivity contribution in [2.45, 2.75) is 32.5 Å². The third-order valence-corrected chi connectivity index (χ3v) is 5.43. The molecule has 6 nitrogen and oxygen atoms in total. The molecule has 0 saturated carbocycles. The standard InChI is InChI=1S/C28H28F3NO5/c1-3-18-36-25-16-13-22(19-24(25)21-11-14-23(15-12-21)37-28(29,30)31)32(26(33)27(34)35-2)17-7-10-20-8-5-4-6-9-20/h4-6,8-9,11-16,19H,3,7,10,17-18H2,1-2H3. The van der Waals surface area contributed by atoms with Crippen LogP contribution in [-0.2, 0) is 20.7 Å². The molecule has 3 aromatic carbocycles. The molecule has 0 fully saturated rings. The van der Waals surface area contributed by atoms with Gasteiger partial charge in [-0.05, 0) is 60.7 Å². The van der Waals surface area contributed by atoms with Crippen LogP contribution in [0.3, 0.4) is 0 Å². The zero-order valence-corrected chi connectivity index (χ0v) is 20.6. The molecule has 0 aliphatic rings. The first-order valence-corrected chi connectivity index (χ1v) is 11.8. The third-order valence-electron chi connectivity index (χ3n) is 5.43. The van der Waals surface area contributed by atoms with Crippen LogP contribution in [-0.4, -0.2) is 38.5 Å². The van der Waals surface area contributed by atoms with E-state index < -0.39 is 18.2 Å². The molecule has 0 N–H and O–H groups in total. The smallest absolute Gasteiger partial charge is 0.493 e. The van der Waals surface area contributed by atoms with Crippen molar-refractivity contribution in [2.24, 2.45) is 0 Å². The van der Waals surface area contributed by atoms with Crippen LogP contribution in [0.5, 0.6) is 11.5 Å². The Bertz CT molecular complexity index is 1180. The number of esters is 1. The molecule has 0 spiro atoms. The van der Waals surface area contributed by atoms with E-state index in [1.54, 1.807) is 18.2 Å². The normalized spacial score (nSPS) is 11.1. The highest BCUT2D eigenvalue weighted by atomic mass is 19.4. The number of alkyl halides is 3. The first-order chi connectivity index (χ1) is 17.7. The lowest BCUT2D eigenvalue weighted by Crippen LogP contribution is -2.38. The van der Waals surface area contributed by atoms with Crippen LogP contribution >= 0.6 is 0 Å². The molecule has 0 atom stereocenters. The number of nitrogens with zero attached hydrogens (tertiary/aromatic N) is 1. The molecule has 0 aromatic heterocycles. The van der Waals surface area contributed by atoms with Gasteiger partial charge < -0.3 is 19.1 Å². The van der Waals surface area contributed by atoms with Gasteiger partial charge in [0.15, 0.2) is 0 Å². The van der Waals surface area contributed by atoms with E-state index in [0.717, 1.165) is 19.1 Å². The van der Waals surface area contributed by atoms with E-state index in [1.165, 1.54) is 29.2 Å². The lowest BCUT2D eigenvalue weighted by atomic mass is 10.0. The lowest BCUT2D eigenvalue weighted by molar-refractivity contribution is -0.274. The summed E-state index contributed by atoms with van der Waals surface area (Å²) < 4.78 is 52.2. The summed E-state index contributed by atoms with van der Waals surface area (Å²) in [4.78, 5) is 26.4. The van der Waals surface area contributed by atoms with Gasteiger partial charge in [-0.3, -0.25) is 4.79 Å². The maximum Gasteiger partial charge on any atom is 0.573 e. The number of rotatable bonds is 10. The maximum atomic E-state index is 12.9. The fraction of sp³-hybridized carbons (Fsp3) is 0.286. The van der Waals surface area contributed by atoms with Gasteiger partial charge in [-0.2, -0.15) is 0 Å². The molecule has 0 saturated heterocycles. The van der Waals surface area contributed by atoms with Crippen LogP contribution in [0.15, 0.2) is 72.8 Å². The molecule has 0 unspecified atom stereocenters. The van der Waals surface area contributed by atoms with Crippen LogP contribution < -0.4 is 14.4 Å². The highest BCUT2D eigenvalue weighted by Crippen LogP contribution is 2.36. The van der Waals surface area contributed by atoms with Crippen LogP contribution in [0.1, 0.15) is 25.3 Å². The second-order valence-electron chi connectivity index (χ2n) is 8.14. The Hall–Kier alpha value is -4.01. The molecule has 0 bridgehead atoms. The molecule has 0 radical (unpaired) electrons. The van der Waals surface area contributed by atoms with E-state index in [-0.39, 0.29) is 12.3 Å². The number of hydrogen-bond donors (Lipinski definition) is 0. The quantitative estimate of drug-likeness (QED) is 0.238. The number of amides is 1. The fourth-order valence-electron chi connectivity index (χ4n) is 3.72. The van der Waals surface area contributed by atoms with E-state index >= 15 is 0 Å². The highest BCUT2D eigenvalue weighted by molar-refractivity contribution is 6.38. The number of aryl methyl sites for hydroxylation is 1. The SMILES string of the molecule is CCCOc1ccc(N(CCCc2ccccc2)C(=O)C(=O)OC)cc1-c1ccc(OC(F)(F)F)cc1. The van der Waals surface area contributed by atoms with Crippen molar-refractivity contribution in [2.75, 3.05) is 25.2 Å². The van der Waals surface area contributed by atoms with Crippen molar-refractivity contribution in [1.29, 1.82) is 0 Å². The van der Waals surface area contributed by atoms with Crippen molar-refractivity contribution in [1.82, 2.24) is 0 Å². The third kappa shape index (κ3) is 7.99. The van der Waals surface area contributed by atoms with Crippen molar-refractivity contribution < 1.29 is 37.0 Å². The average molecular weight is 516 g/mol. The van der Waals surface area contributed by atoms with Crippen LogP contribution in [0.25, 0.3) is 11.1 Å². The number of hydrogen-bond acceptors (Lipinski definition) is 5. The largest absolute Gasteiger partial charge is 0.573 e. The molecule has 0 aliphatic heterocycles. The number of ether oxygens (including phenoxy) is 3. The summed E-state index contributed by atoms with van der Waals surface area (Å²) in [6.45, 7) is 2.61. The monoisotopic (exact) mass is 515 g/mol. The van der Waals surface area contributed by atoms with Gasteiger partial charge in [-0.1, -0.05) is 49.4 Å². The number of carbonyl (C=O) groups is 2. The summed E-state index contributed by atoms with van der Waals surface area (Å²) in [6.07, 6.45) is -2.78. The van der Waals surface area contributed by atoms with Crippen LogP contribution in [0, 0.1) is 0 Å². The van der Waals surface area contributed by atoms with Gasteiger partial charge in [-0.25, -0.2) is 4.79 Å². The van der Waals surface area contributed by atoms with Crippen LogP contribution in [0.2, 0.25) is 0 Å². The molecule has 3 aromatic rings. The van der Waals surface area contributed by atoms with E-state index in [9.17, 15) is 22.8 Å². The fourth-order valence-corrected chi connectivity index (χ4v) is 3.72. The Kier molecular flexibility index (Phi) is 9.54. The van der Waals surface area contributed by atoms with Gasteiger partial charge in [-0.15, -0.1) is 13.2 Å². The second-order valence-corrected chi connectivity index (χ2v) is 8.14. The minimum absolute atomic E-state index is 0.246. The molecule has 37 heavy (non-hydrogen) atoms. The van der Waals surface area contributed by atoms with Crippen molar-refractivity contribution in [3.05, 3.63) is 78.4 Å². The summed E-state index contributed by atoms with van der Waals surface area (Å²) in [5.74, 6) is -1.68. The predicted octanol–water partition coefficient (Wildman–Crippen LogP) is 6.18. The summed E-state index contributed by atoms with van der Waals surface area (Å²) in [6, 6.07) is 20.1. The van der Waals surface area contributed by atoms with Gasteiger partial charge in [0.2, 0.25) is 0 Å². The Morgan fingerprint density at radius 1 is 0.946 bits per heavy atom. The van der Waals surface area contributed by atoms with E-state index in [4.69, 9.17) is 4.74 Å². The topological polar surface area (TPSA) is 65.1 Å².